The molecule has 0 aliphatic carbocycles. The summed E-state index contributed by atoms with van der Waals surface area (Å²) in [5, 5.41) is 9.87. The molecule has 0 radical (unpaired) electrons. The molecule has 0 aliphatic heterocycles. The maximum Gasteiger partial charge on any atom is 0.137 e. The van der Waals surface area contributed by atoms with Crippen molar-refractivity contribution in [1.29, 1.82) is 0 Å². The van der Waals surface area contributed by atoms with E-state index in [0.717, 1.165) is 18.1 Å². The lowest BCUT2D eigenvalue weighted by atomic mass is 10.2. The zero-order valence-electron chi connectivity index (χ0n) is 10.3. The van der Waals surface area contributed by atoms with Crippen LogP contribution in [-0.4, -0.2) is 19.0 Å². The Balaban J connectivity index is 2.28. The average molecular weight is 251 g/mol. The molecule has 17 heavy (non-hydrogen) atoms. The van der Waals surface area contributed by atoms with Crippen LogP contribution >= 0.6 is 11.5 Å². The summed E-state index contributed by atoms with van der Waals surface area (Å²) in [6, 6.07) is 0. The van der Waals surface area contributed by atoms with E-state index >= 15 is 0 Å². The lowest BCUT2D eigenvalue weighted by Crippen LogP contribution is -2.09. The third kappa shape index (κ3) is 2.40. The maximum atomic E-state index is 9.87. The molecule has 0 amide bonds. The molecule has 5 heteroatoms. The van der Waals surface area contributed by atoms with Crippen molar-refractivity contribution in [2.24, 2.45) is 0 Å². The second kappa shape index (κ2) is 4.98. The quantitative estimate of drug-likeness (QED) is 0.908. The van der Waals surface area contributed by atoms with Gasteiger partial charge in [-0.2, -0.15) is 4.37 Å². The number of hydrogen-bond donors (Lipinski definition) is 1. The van der Waals surface area contributed by atoms with E-state index in [1.54, 1.807) is 6.20 Å². The van der Waals surface area contributed by atoms with E-state index in [1.807, 2.05) is 24.6 Å². The van der Waals surface area contributed by atoms with Crippen molar-refractivity contribution in [1.82, 2.24) is 13.9 Å². The summed E-state index contributed by atoms with van der Waals surface area (Å²) in [7, 11) is 0. The van der Waals surface area contributed by atoms with Gasteiger partial charge in [0.25, 0.3) is 0 Å². The molecule has 4 nitrogen and oxygen atoms in total. The minimum absolute atomic E-state index is 0.489. The fourth-order valence-corrected chi connectivity index (χ4v) is 2.54. The van der Waals surface area contributed by atoms with Gasteiger partial charge in [0.1, 0.15) is 11.9 Å². The Kier molecular flexibility index (Phi) is 3.59. The van der Waals surface area contributed by atoms with E-state index in [-0.39, 0.29) is 0 Å². The molecule has 2 heterocycles. The summed E-state index contributed by atoms with van der Waals surface area (Å²) in [5.41, 5.74) is 2.30. The lowest BCUT2D eigenvalue weighted by Gasteiger charge is -2.11. The molecular weight excluding hydrogens is 234 g/mol. The molecule has 92 valence electrons. The van der Waals surface area contributed by atoms with Gasteiger partial charge in [-0.3, -0.25) is 0 Å². The van der Waals surface area contributed by atoms with E-state index in [9.17, 15) is 5.11 Å². The fourth-order valence-electron chi connectivity index (χ4n) is 1.83. The van der Waals surface area contributed by atoms with Gasteiger partial charge >= 0.3 is 0 Å². The van der Waals surface area contributed by atoms with Crippen LogP contribution < -0.4 is 0 Å². The van der Waals surface area contributed by atoms with Gasteiger partial charge in [0, 0.05) is 22.8 Å². The van der Waals surface area contributed by atoms with E-state index in [1.165, 1.54) is 22.0 Å². The summed E-state index contributed by atoms with van der Waals surface area (Å²) < 4.78 is 6.33. The van der Waals surface area contributed by atoms with Crippen molar-refractivity contribution < 1.29 is 5.11 Å². The fraction of sp³-hybridized carbons (Fsp3) is 0.500. The molecular formula is C12H17N3OS. The number of rotatable bonds is 4. The van der Waals surface area contributed by atoms with Crippen LogP contribution in [0.4, 0.5) is 0 Å². The van der Waals surface area contributed by atoms with Crippen molar-refractivity contribution in [2.75, 3.05) is 0 Å². The summed E-state index contributed by atoms with van der Waals surface area (Å²) in [6.45, 7) is 6.78. The van der Waals surface area contributed by atoms with Gasteiger partial charge in [0.2, 0.25) is 0 Å². The highest BCUT2D eigenvalue weighted by atomic mass is 32.1. The van der Waals surface area contributed by atoms with Crippen LogP contribution in [0.25, 0.3) is 0 Å². The highest BCUT2D eigenvalue weighted by molar-refractivity contribution is 7.05. The zero-order valence-corrected chi connectivity index (χ0v) is 11.2. The van der Waals surface area contributed by atoms with Gasteiger partial charge in [-0.15, -0.1) is 0 Å². The smallest absolute Gasteiger partial charge is 0.137 e. The molecule has 1 atom stereocenters. The molecule has 1 N–H and O–H groups in total. The minimum Gasteiger partial charge on any atom is -0.385 e. The molecule has 2 aromatic heterocycles. The first-order valence-electron chi connectivity index (χ1n) is 5.74. The van der Waals surface area contributed by atoms with Crippen LogP contribution in [0.2, 0.25) is 0 Å². The Morgan fingerprint density at radius 2 is 2.24 bits per heavy atom. The number of aliphatic hydroxyl groups excluding tert-OH is 1. The summed E-state index contributed by atoms with van der Waals surface area (Å²) in [5.74, 6) is 0.734. The van der Waals surface area contributed by atoms with E-state index in [0.29, 0.717) is 6.42 Å². The van der Waals surface area contributed by atoms with Gasteiger partial charge in [0.15, 0.2) is 0 Å². The second-order valence-corrected chi connectivity index (χ2v) is 5.12. The largest absolute Gasteiger partial charge is 0.385 e. The van der Waals surface area contributed by atoms with E-state index in [2.05, 4.69) is 16.3 Å². The molecule has 2 rings (SSSR count). The lowest BCUT2D eigenvalue weighted by molar-refractivity contribution is 0.159. The molecule has 0 fully saturated rings. The average Bonchev–Trinajstić information content (AvgIpc) is 2.90. The van der Waals surface area contributed by atoms with Crippen LogP contribution in [-0.2, 0) is 6.54 Å². The monoisotopic (exact) mass is 251 g/mol. The Morgan fingerprint density at radius 1 is 1.47 bits per heavy atom. The van der Waals surface area contributed by atoms with Crippen molar-refractivity contribution in [2.45, 2.75) is 39.8 Å². The topological polar surface area (TPSA) is 50.9 Å². The second-order valence-electron chi connectivity index (χ2n) is 4.14. The van der Waals surface area contributed by atoms with Crippen LogP contribution in [0.15, 0.2) is 12.4 Å². The number of imidazole rings is 1. The number of aryl methyl sites for hydroxylation is 2. The SMILES string of the molecule is CCC(O)c1nccn1Cc1c(C)nsc1C. The number of hydrogen-bond acceptors (Lipinski definition) is 4. The Morgan fingerprint density at radius 3 is 2.82 bits per heavy atom. The van der Waals surface area contributed by atoms with E-state index < -0.39 is 6.10 Å². The number of aromatic nitrogens is 3. The normalized spacial score (nSPS) is 12.9. The minimum atomic E-state index is -0.489. The van der Waals surface area contributed by atoms with Crippen LogP contribution in [0.3, 0.4) is 0 Å². The molecule has 0 saturated carbocycles. The number of nitrogens with zero attached hydrogens (tertiary/aromatic N) is 3. The van der Waals surface area contributed by atoms with Crippen molar-refractivity contribution in [3.05, 3.63) is 34.4 Å². The predicted molar refractivity (Wildman–Crippen MR) is 68.2 cm³/mol. The molecule has 1 unspecified atom stereocenters. The third-order valence-electron chi connectivity index (χ3n) is 2.94. The van der Waals surface area contributed by atoms with Crippen LogP contribution in [0, 0.1) is 13.8 Å². The first-order valence-corrected chi connectivity index (χ1v) is 6.51. The van der Waals surface area contributed by atoms with E-state index in [4.69, 9.17) is 0 Å². The molecule has 0 spiro atoms. The first kappa shape index (κ1) is 12.3. The number of aliphatic hydroxyl groups is 1. The Bertz CT molecular complexity index is 484. The predicted octanol–water partition coefficient (Wildman–Crippen LogP) is 2.45. The molecule has 0 saturated heterocycles. The van der Waals surface area contributed by atoms with Gasteiger partial charge < -0.3 is 9.67 Å². The molecule has 0 aliphatic rings. The zero-order chi connectivity index (χ0) is 12.4. The van der Waals surface area contributed by atoms with Gasteiger partial charge in [0.05, 0.1) is 12.2 Å². The van der Waals surface area contributed by atoms with Gasteiger partial charge in [-0.05, 0) is 31.8 Å². The first-order chi connectivity index (χ1) is 8.13. The standard InChI is InChI=1S/C12H17N3OS/c1-4-11(16)12-13-5-6-15(12)7-10-8(2)14-17-9(10)3/h5-6,11,16H,4,7H2,1-3H3. The van der Waals surface area contributed by atoms with Crippen molar-refractivity contribution in [3.63, 3.8) is 0 Å². The molecule has 0 aromatic carbocycles. The maximum absolute atomic E-state index is 9.87. The van der Waals surface area contributed by atoms with Crippen LogP contribution in [0.1, 0.15) is 41.4 Å². The Hall–Kier alpha value is -1.20. The van der Waals surface area contributed by atoms with Crippen LogP contribution in [0.5, 0.6) is 0 Å². The summed E-state index contributed by atoms with van der Waals surface area (Å²) >= 11 is 1.53. The highest BCUT2D eigenvalue weighted by Crippen LogP contribution is 2.21. The third-order valence-corrected chi connectivity index (χ3v) is 3.83. The molecule has 0 bridgehead atoms. The summed E-state index contributed by atoms with van der Waals surface area (Å²) in [6.07, 6.45) is 3.83. The highest BCUT2D eigenvalue weighted by Gasteiger charge is 2.14. The van der Waals surface area contributed by atoms with Crippen molar-refractivity contribution in [3.8, 4) is 0 Å². The van der Waals surface area contributed by atoms with Gasteiger partial charge in [-0.1, -0.05) is 6.92 Å². The Labute approximate surface area is 105 Å². The summed E-state index contributed by atoms with van der Waals surface area (Å²) in [4.78, 5) is 5.45. The van der Waals surface area contributed by atoms with Gasteiger partial charge in [-0.25, -0.2) is 4.98 Å². The van der Waals surface area contributed by atoms with Crippen molar-refractivity contribution >= 4 is 11.5 Å². The molecule has 2 aromatic rings.